The van der Waals surface area contributed by atoms with Crippen LogP contribution in [-0.4, -0.2) is 46.7 Å². The van der Waals surface area contributed by atoms with Gasteiger partial charge in [0.1, 0.15) is 5.82 Å². The van der Waals surface area contributed by atoms with Gasteiger partial charge in [-0.1, -0.05) is 0 Å². The molecule has 1 aromatic heterocycles. The summed E-state index contributed by atoms with van der Waals surface area (Å²) < 4.78 is 2.26. The zero-order valence-electron chi connectivity index (χ0n) is 12.0. The predicted octanol–water partition coefficient (Wildman–Crippen LogP) is 1.66. The fourth-order valence-electron chi connectivity index (χ4n) is 3.63. The van der Waals surface area contributed by atoms with E-state index < -0.39 is 0 Å². The standard InChI is InChI=1S/C15H26N4/c1-13-16-7-9-19(13)11-10-18-8-3-4-14(12-18)15-5-2-6-17-15/h7,9,14-15,17H,2-6,8,10-12H2,1H3. The Balaban J connectivity index is 1.49. The van der Waals surface area contributed by atoms with Crippen LogP contribution in [0.1, 0.15) is 31.5 Å². The quantitative estimate of drug-likeness (QED) is 0.896. The van der Waals surface area contributed by atoms with Crippen molar-refractivity contribution in [2.75, 3.05) is 26.2 Å². The largest absolute Gasteiger partial charge is 0.334 e. The molecule has 3 heterocycles. The van der Waals surface area contributed by atoms with Crippen LogP contribution >= 0.6 is 0 Å². The van der Waals surface area contributed by atoms with Crippen LogP contribution < -0.4 is 5.32 Å². The number of hydrogen-bond acceptors (Lipinski definition) is 3. The molecule has 0 spiro atoms. The van der Waals surface area contributed by atoms with Crippen LogP contribution in [0.3, 0.4) is 0 Å². The van der Waals surface area contributed by atoms with Crippen molar-refractivity contribution in [3.8, 4) is 0 Å². The molecule has 0 bridgehead atoms. The lowest BCUT2D eigenvalue weighted by atomic mass is 9.90. The number of aromatic nitrogens is 2. The molecule has 2 saturated heterocycles. The number of imidazole rings is 1. The molecule has 0 radical (unpaired) electrons. The van der Waals surface area contributed by atoms with Gasteiger partial charge in [0.15, 0.2) is 0 Å². The van der Waals surface area contributed by atoms with Crippen molar-refractivity contribution in [3.05, 3.63) is 18.2 Å². The van der Waals surface area contributed by atoms with Crippen LogP contribution in [0, 0.1) is 12.8 Å². The van der Waals surface area contributed by atoms with Gasteiger partial charge < -0.3 is 14.8 Å². The minimum Gasteiger partial charge on any atom is -0.334 e. The van der Waals surface area contributed by atoms with Crippen molar-refractivity contribution in [1.29, 1.82) is 0 Å². The van der Waals surface area contributed by atoms with Crippen LogP contribution in [-0.2, 0) is 6.54 Å². The van der Waals surface area contributed by atoms with Gasteiger partial charge >= 0.3 is 0 Å². The molecule has 0 aliphatic carbocycles. The first-order valence-corrected chi connectivity index (χ1v) is 7.76. The minimum absolute atomic E-state index is 0.790. The Hall–Kier alpha value is -0.870. The molecule has 0 saturated carbocycles. The van der Waals surface area contributed by atoms with E-state index in [2.05, 4.69) is 32.9 Å². The molecule has 2 atom stereocenters. The Labute approximate surface area is 116 Å². The fourth-order valence-corrected chi connectivity index (χ4v) is 3.63. The lowest BCUT2D eigenvalue weighted by molar-refractivity contribution is 0.147. The van der Waals surface area contributed by atoms with Gasteiger partial charge in [-0.3, -0.25) is 0 Å². The van der Waals surface area contributed by atoms with Gasteiger partial charge in [0.2, 0.25) is 0 Å². The van der Waals surface area contributed by atoms with E-state index in [0.717, 1.165) is 24.3 Å². The second-order valence-corrected chi connectivity index (χ2v) is 6.07. The molecule has 2 aliphatic rings. The van der Waals surface area contributed by atoms with E-state index in [1.54, 1.807) is 0 Å². The van der Waals surface area contributed by atoms with Crippen molar-refractivity contribution in [2.24, 2.45) is 5.92 Å². The number of aryl methyl sites for hydroxylation is 1. The van der Waals surface area contributed by atoms with Crippen molar-refractivity contribution in [1.82, 2.24) is 19.8 Å². The van der Waals surface area contributed by atoms with Crippen LogP contribution in [0.5, 0.6) is 0 Å². The Morgan fingerprint density at radius 1 is 1.32 bits per heavy atom. The molecule has 106 valence electrons. The number of rotatable bonds is 4. The number of likely N-dealkylation sites (tertiary alicyclic amines) is 1. The summed E-state index contributed by atoms with van der Waals surface area (Å²) in [5.74, 6) is 2.01. The smallest absolute Gasteiger partial charge is 0.105 e. The molecule has 1 aromatic rings. The molecule has 2 unspecified atom stereocenters. The highest BCUT2D eigenvalue weighted by Gasteiger charge is 2.28. The summed E-state index contributed by atoms with van der Waals surface area (Å²) in [5.41, 5.74) is 0. The summed E-state index contributed by atoms with van der Waals surface area (Å²) in [7, 11) is 0. The molecule has 2 fully saturated rings. The molecule has 1 N–H and O–H groups in total. The topological polar surface area (TPSA) is 33.1 Å². The Bertz CT molecular complexity index is 395. The average molecular weight is 262 g/mol. The lowest BCUT2D eigenvalue weighted by Crippen LogP contribution is -2.44. The maximum absolute atomic E-state index is 4.29. The SMILES string of the molecule is Cc1nccn1CCN1CCCC(C2CCCN2)C1. The fraction of sp³-hybridized carbons (Fsp3) is 0.800. The average Bonchev–Trinajstić information content (AvgIpc) is 3.08. The van der Waals surface area contributed by atoms with Crippen molar-refractivity contribution < 1.29 is 0 Å². The summed E-state index contributed by atoms with van der Waals surface area (Å²) in [6.07, 6.45) is 9.53. The van der Waals surface area contributed by atoms with Gasteiger partial charge in [-0.15, -0.1) is 0 Å². The number of piperidine rings is 1. The van der Waals surface area contributed by atoms with Gasteiger partial charge in [0, 0.05) is 38.1 Å². The molecule has 19 heavy (non-hydrogen) atoms. The Morgan fingerprint density at radius 3 is 3.00 bits per heavy atom. The van der Waals surface area contributed by atoms with Crippen LogP contribution in [0.2, 0.25) is 0 Å². The number of nitrogens with one attached hydrogen (secondary N) is 1. The highest BCUT2D eigenvalue weighted by Crippen LogP contribution is 2.24. The van der Waals surface area contributed by atoms with Gasteiger partial charge in [0.25, 0.3) is 0 Å². The molecular formula is C15H26N4. The first-order chi connectivity index (χ1) is 9.33. The second-order valence-electron chi connectivity index (χ2n) is 6.07. The second kappa shape index (κ2) is 6.06. The van der Waals surface area contributed by atoms with E-state index in [4.69, 9.17) is 0 Å². The molecule has 0 aromatic carbocycles. The van der Waals surface area contributed by atoms with Crippen molar-refractivity contribution >= 4 is 0 Å². The van der Waals surface area contributed by atoms with Crippen LogP contribution in [0.25, 0.3) is 0 Å². The van der Waals surface area contributed by atoms with E-state index >= 15 is 0 Å². The molecule has 0 amide bonds. The first kappa shape index (κ1) is 13.1. The maximum Gasteiger partial charge on any atom is 0.105 e. The zero-order chi connectivity index (χ0) is 13.1. The van der Waals surface area contributed by atoms with E-state index in [0.29, 0.717) is 0 Å². The third-order valence-corrected chi connectivity index (χ3v) is 4.79. The number of nitrogens with zero attached hydrogens (tertiary/aromatic N) is 3. The molecule has 2 aliphatic heterocycles. The highest BCUT2D eigenvalue weighted by atomic mass is 15.2. The number of hydrogen-bond donors (Lipinski definition) is 1. The normalized spacial score (nSPS) is 28.9. The van der Waals surface area contributed by atoms with Crippen LogP contribution in [0.15, 0.2) is 12.4 Å². The van der Waals surface area contributed by atoms with Crippen molar-refractivity contribution in [3.63, 3.8) is 0 Å². The first-order valence-electron chi connectivity index (χ1n) is 7.76. The monoisotopic (exact) mass is 262 g/mol. The van der Waals surface area contributed by atoms with Crippen molar-refractivity contribution in [2.45, 2.75) is 45.2 Å². The highest BCUT2D eigenvalue weighted by molar-refractivity contribution is 4.90. The summed E-state index contributed by atoms with van der Waals surface area (Å²) >= 11 is 0. The maximum atomic E-state index is 4.29. The summed E-state index contributed by atoms with van der Waals surface area (Å²) in [4.78, 5) is 6.94. The lowest BCUT2D eigenvalue weighted by Gasteiger charge is -2.35. The third kappa shape index (κ3) is 3.18. The van der Waals surface area contributed by atoms with Gasteiger partial charge in [-0.2, -0.15) is 0 Å². The summed E-state index contributed by atoms with van der Waals surface area (Å²) in [6, 6.07) is 0.790. The summed E-state index contributed by atoms with van der Waals surface area (Å²) in [6.45, 7) is 8.12. The Kier molecular flexibility index (Phi) is 4.18. The molecule has 3 rings (SSSR count). The van der Waals surface area contributed by atoms with Crippen LogP contribution in [0.4, 0.5) is 0 Å². The van der Waals surface area contributed by atoms with Gasteiger partial charge in [-0.05, 0) is 51.6 Å². The van der Waals surface area contributed by atoms with Gasteiger partial charge in [-0.25, -0.2) is 4.98 Å². The van der Waals surface area contributed by atoms with E-state index in [9.17, 15) is 0 Å². The summed E-state index contributed by atoms with van der Waals surface area (Å²) in [5, 5.41) is 3.68. The minimum atomic E-state index is 0.790. The molecule has 4 heteroatoms. The zero-order valence-corrected chi connectivity index (χ0v) is 12.0. The molecule has 4 nitrogen and oxygen atoms in total. The van der Waals surface area contributed by atoms with Gasteiger partial charge in [0.05, 0.1) is 0 Å². The van der Waals surface area contributed by atoms with E-state index in [1.165, 1.54) is 51.9 Å². The van der Waals surface area contributed by atoms with E-state index in [-0.39, 0.29) is 0 Å². The van der Waals surface area contributed by atoms with E-state index in [1.807, 2.05) is 6.20 Å². The molecular weight excluding hydrogens is 236 g/mol. The third-order valence-electron chi connectivity index (χ3n) is 4.79. The predicted molar refractivity (Wildman–Crippen MR) is 77.2 cm³/mol. The Morgan fingerprint density at radius 2 is 2.26 bits per heavy atom.